The highest BCUT2D eigenvalue weighted by Crippen LogP contribution is 2.24. The van der Waals surface area contributed by atoms with Gasteiger partial charge in [-0.3, -0.25) is 19.2 Å². The van der Waals surface area contributed by atoms with Crippen molar-refractivity contribution in [1.29, 1.82) is 0 Å². The van der Waals surface area contributed by atoms with Gasteiger partial charge in [-0.05, 0) is 32.1 Å². The lowest BCUT2D eigenvalue weighted by Crippen LogP contribution is -2.45. The van der Waals surface area contributed by atoms with E-state index in [1.165, 1.54) is 0 Å². The Balaban J connectivity index is 2.01. The molecule has 1 aliphatic rings. The summed E-state index contributed by atoms with van der Waals surface area (Å²) < 4.78 is 10.5. The van der Waals surface area contributed by atoms with Gasteiger partial charge in [0, 0.05) is 41.6 Å². The van der Waals surface area contributed by atoms with Crippen molar-refractivity contribution >= 4 is 44.2 Å². The molecule has 0 aliphatic heterocycles. The Morgan fingerprint density at radius 1 is 0.967 bits per heavy atom. The van der Waals surface area contributed by atoms with Crippen molar-refractivity contribution in [3.63, 3.8) is 0 Å². The van der Waals surface area contributed by atoms with Crippen LogP contribution in [-0.4, -0.2) is 67.2 Å². The molecule has 1 unspecified atom stereocenters. The maximum absolute atomic E-state index is 11.9. The number of hydrogen-bond acceptors (Lipinski definition) is 6. The van der Waals surface area contributed by atoms with Crippen LogP contribution in [0.1, 0.15) is 44.9 Å². The van der Waals surface area contributed by atoms with Crippen molar-refractivity contribution in [3.05, 3.63) is 0 Å². The normalized spacial score (nSPS) is 14.8. The maximum atomic E-state index is 11.9. The lowest BCUT2D eigenvalue weighted by atomic mass is 10.1. The Labute approximate surface area is 190 Å². The van der Waals surface area contributed by atoms with E-state index >= 15 is 0 Å². The minimum Gasteiger partial charge on any atom is -0.377 e. The van der Waals surface area contributed by atoms with Crippen molar-refractivity contribution in [3.8, 4) is 0 Å². The number of ether oxygens (including phenoxy) is 2. The van der Waals surface area contributed by atoms with Gasteiger partial charge < -0.3 is 31.2 Å². The van der Waals surface area contributed by atoms with E-state index in [0.717, 1.165) is 25.7 Å². The van der Waals surface area contributed by atoms with Gasteiger partial charge in [0.2, 0.25) is 17.7 Å². The second-order valence-corrected chi connectivity index (χ2v) is 8.14. The maximum Gasteiger partial charge on any atom is 0.280 e. The molecule has 5 N–H and O–H groups in total. The van der Waals surface area contributed by atoms with Gasteiger partial charge in [-0.2, -0.15) is 0 Å². The van der Waals surface area contributed by atoms with Crippen LogP contribution in [-0.2, 0) is 23.9 Å². The van der Waals surface area contributed by atoms with Gasteiger partial charge in [0.1, 0.15) is 12.6 Å². The van der Waals surface area contributed by atoms with E-state index in [-0.39, 0.29) is 29.0 Å². The fraction of sp³-hybridized carbons (Fsp3) is 0.789. The Kier molecular flexibility index (Phi) is 14.4. The number of halogens is 1. The lowest BCUT2D eigenvalue weighted by Gasteiger charge is -2.15. The van der Waals surface area contributed by atoms with Crippen molar-refractivity contribution in [1.82, 2.24) is 16.0 Å². The average Bonchev–Trinajstić information content (AvgIpc) is 3.23. The number of nitrogens with one attached hydrogen (secondary N) is 3. The molecule has 1 atom stereocenters. The molecule has 1 rings (SSSR count). The summed E-state index contributed by atoms with van der Waals surface area (Å²) in [6, 6.07) is -0.767. The van der Waals surface area contributed by atoms with Crippen LogP contribution in [0.4, 0.5) is 4.79 Å². The van der Waals surface area contributed by atoms with Gasteiger partial charge in [-0.25, -0.2) is 0 Å². The highest BCUT2D eigenvalue weighted by molar-refractivity contribution is 14.1. The molecule has 0 heterocycles. The van der Waals surface area contributed by atoms with Crippen molar-refractivity contribution < 1.29 is 28.7 Å². The zero-order valence-electron chi connectivity index (χ0n) is 17.3. The van der Waals surface area contributed by atoms with Gasteiger partial charge in [-0.15, -0.1) is 0 Å². The number of amides is 4. The number of hydrogen-bond donors (Lipinski definition) is 4. The molecule has 4 amide bonds. The molecule has 172 valence electrons. The van der Waals surface area contributed by atoms with E-state index in [0.29, 0.717) is 45.6 Å². The van der Waals surface area contributed by atoms with Crippen LogP contribution < -0.4 is 21.7 Å². The van der Waals surface area contributed by atoms with Crippen LogP contribution in [0.3, 0.4) is 0 Å². The first-order valence-corrected chi connectivity index (χ1v) is 11.4. The van der Waals surface area contributed by atoms with E-state index in [2.05, 4.69) is 16.0 Å². The lowest BCUT2D eigenvalue weighted by molar-refractivity contribution is -0.131. The van der Waals surface area contributed by atoms with Crippen molar-refractivity contribution in [2.45, 2.75) is 51.0 Å². The van der Waals surface area contributed by atoms with E-state index in [9.17, 15) is 19.2 Å². The highest BCUT2D eigenvalue weighted by Gasteiger charge is 2.22. The molecule has 0 aromatic heterocycles. The van der Waals surface area contributed by atoms with Gasteiger partial charge in [0.15, 0.2) is 0 Å². The molecular formula is C19H33IN4O6. The summed E-state index contributed by atoms with van der Waals surface area (Å²) in [4.78, 5) is 45.9. The predicted octanol–water partition coefficient (Wildman–Crippen LogP) is 0.611. The Bertz CT molecular complexity index is 557. The molecular weight excluding hydrogens is 507 g/mol. The highest BCUT2D eigenvalue weighted by atomic mass is 127. The minimum atomic E-state index is -0.767. The smallest absolute Gasteiger partial charge is 0.280 e. The topological polar surface area (TPSA) is 149 Å². The molecule has 0 radical (unpaired) electrons. The standard InChI is InChI=1S/C19H33IN4O6/c20-19(28)23-8-4-3-7-15(17(21)26)24-16(25)13-30-12-11-29-10-9-22-18(27)14-5-1-2-6-14/h14-15H,1-13H2,(H2,21,26)(H,22,27)(H,23,28)(H,24,25). The molecule has 1 aliphatic carbocycles. The third kappa shape index (κ3) is 13.0. The van der Waals surface area contributed by atoms with Crippen LogP contribution in [0.15, 0.2) is 0 Å². The summed E-state index contributed by atoms with van der Waals surface area (Å²) in [7, 11) is 0. The molecule has 10 nitrogen and oxygen atoms in total. The molecule has 0 spiro atoms. The number of primary amides is 1. The van der Waals surface area contributed by atoms with E-state index in [1.807, 2.05) is 0 Å². The van der Waals surface area contributed by atoms with E-state index in [1.54, 1.807) is 22.6 Å². The fourth-order valence-electron chi connectivity index (χ4n) is 3.15. The molecule has 30 heavy (non-hydrogen) atoms. The Hall–Kier alpha value is -1.47. The van der Waals surface area contributed by atoms with Gasteiger partial charge in [0.25, 0.3) is 3.91 Å². The summed E-state index contributed by atoms with van der Waals surface area (Å²) in [5, 5.41) is 8.06. The monoisotopic (exact) mass is 540 g/mol. The third-order valence-electron chi connectivity index (χ3n) is 4.74. The van der Waals surface area contributed by atoms with Crippen LogP contribution in [0, 0.1) is 5.92 Å². The summed E-state index contributed by atoms with van der Waals surface area (Å²) >= 11 is 1.65. The fourth-order valence-corrected chi connectivity index (χ4v) is 3.41. The van der Waals surface area contributed by atoms with Gasteiger partial charge in [0.05, 0.1) is 19.8 Å². The van der Waals surface area contributed by atoms with Gasteiger partial charge in [-0.1, -0.05) is 12.8 Å². The van der Waals surface area contributed by atoms with Crippen LogP contribution in [0.25, 0.3) is 0 Å². The van der Waals surface area contributed by atoms with Crippen LogP contribution >= 0.6 is 22.6 Å². The molecule has 11 heteroatoms. The Morgan fingerprint density at radius 2 is 1.67 bits per heavy atom. The average molecular weight is 540 g/mol. The summed E-state index contributed by atoms with van der Waals surface area (Å²) in [6.07, 6.45) is 5.90. The second kappa shape index (κ2) is 16.3. The number of rotatable bonds is 16. The van der Waals surface area contributed by atoms with Crippen LogP contribution in [0.5, 0.6) is 0 Å². The number of unbranched alkanes of at least 4 members (excludes halogenated alkanes) is 1. The van der Waals surface area contributed by atoms with Gasteiger partial charge >= 0.3 is 0 Å². The van der Waals surface area contributed by atoms with E-state index < -0.39 is 17.9 Å². The largest absolute Gasteiger partial charge is 0.377 e. The number of carbonyl (C=O) groups is 4. The molecule has 0 bridgehead atoms. The first kappa shape index (κ1) is 26.6. The molecule has 0 aromatic carbocycles. The van der Waals surface area contributed by atoms with Crippen molar-refractivity contribution in [2.24, 2.45) is 11.7 Å². The minimum absolute atomic E-state index is 0.0998. The molecule has 0 aromatic rings. The number of nitrogens with two attached hydrogens (primary N) is 1. The van der Waals surface area contributed by atoms with Crippen LogP contribution in [0.2, 0.25) is 0 Å². The first-order chi connectivity index (χ1) is 14.4. The second-order valence-electron chi connectivity index (χ2n) is 7.16. The third-order valence-corrected chi connectivity index (χ3v) is 5.12. The molecule has 1 fully saturated rings. The molecule has 1 saturated carbocycles. The Morgan fingerprint density at radius 3 is 2.33 bits per heavy atom. The SMILES string of the molecule is NC(=O)C(CCCCNC(=O)I)NC(=O)COCCOCCNC(=O)C1CCCC1. The summed E-state index contributed by atoms with van der Waals surface area (Å²) in [6.45, 7) is 1.67. The summed E-state index contributed by atoms with van der Waals surface area (Å²) in [5.74, 6) is -0.789. The molecule has 0 saturated heterocycles. The van der Waals surface area contributed by atoms with Crippen molar-refractivity contribution in [2.75, 3.05) is 39.5 Å². The predicted molar refractivity (Wildman–Crippen MR) is 119 cm³/mol. The zero-order valence-corrected chi connectivity index (χ0v) is 19.4. The quantitative estimate of drug-likeness (QED) is 0.0976. The summed E-state index contributed by atoms with van der Waals surface area (Å²) in [5.41, 5.74) is 5.32. The first-order valence-electron chi connectivity index (χ1n) is 10.4. The van der Waals surface area contributed by atoms with E-state index in [4.69, 9.17) is 15.2 Å². The number of carbonyl (C=O) groups excluding carboxylic acids is 4. The zero-order chi connectivity index (χ0) is 22.2.